The van der Waals surface area contributed by atoms with Crippen LogP contribution in [0.3, 0.4) is 0 Å². The number of nitrogens with zero attached hydrogens (tertiary/aromatic N) is 4. The fourth-order valence-electron chi connectivity index (χ4n) is 4.29. The summed E-state index contributed by atoms with van der Waals surface area (Å²) in [5, 5.41) is 4.72. The highest BCUT2D eigenvalue weighted by molar-refractivity contribution is 7.99. The zero-order chi connectivity index (χ0) is 20.8. The number of rotatable bonds is 8. The van der Waals surface area contributed by atoms with Gasteiger partial charge in [-0.15, -0.1) is 11.3 Å². The number of thioether (sulfide) groups is 1. The zero-order valence-corrected chi connectivity index (χ0v) is 19.3. The Kier molecular flexibility index (Phi) is 7.76. The largest absolute Gasteiger partial charge is 0.318 e. The quantitative estimate of drug-likeness (QED) is 0.488. The summed E-state index contributed by atoms with van der Waals surface area (Å²) < 4.78 is 0. The molecule has 1 N–H and O–H groups in total. The Morgan fingerprint density at radius 3 is 2.87 bits per heavy atom. The maximum absolute atomic E-state index is 11.2. The van der Waals surface area contributed by atoms with E-state index in [2.05, 4.69) is 32.2 Å². The Balaban J connectivity index is 1.30. The number of anilines is 1. The molecule has 0 radical (unpaired) electrons. The first-order valence-corrected chi connectivity index (χ1v) is 12.7. The lowest BCUT2D eigenvalue weighted by Gasteiger charge is -2.32. The van der Waals surface area contributed by atoms with Gasteiger partial charge in [0.2, 0.25) is 5.91 Å². The van der Waals surface area contributed by atoms with Crippen molar-refractivity contribution in [2.75, 3.05) is 43.8 Å². The monoisotopic (exact) mass is 445 g/mol. The maximum Gasteiger partial charge on any atom is 0.221 e. The van der Waals surface area contributed by atoms with Gasteiger partial charge in [0.05, 0.1) is 5.00 Å². The average molecular weight is 446 g/mol. The minimum atomic E-state index is -0.0145. The standard InChI is InChI=1S/C22H31N5OS2/c1-17(28)24-21-7-6-19(30-21)16-27-12-4-5-18(15-27)20-8-9-23-22(25-20)29-14-13-26-10-2-3-11-26/h6-9,18H,2-5,10-16H2,1H3,(H,24,28). The van der Waals surface area contributed by atoms with Gasteiger partial charge in [0.25, 0.3) is 0 Å². The van der Waals surface area contributed by atoms with E-state index in [4.69, 9.17) is 4.98 Å². The van der Waals surface area contributed by atoms with Gasteiger partial charge in [-0.25, -0.2) is 9.97 Å². The van der Waals surface area contributed by atoms with E-state index in [1.54, 1.807) is 30.0 Å². The molecular weight excluding hydrogens is 414 g/mol. The summed E-state index contributed by atoms with van der Waals surface area (Å²) in [5.41, 5.74) is 1.18. The van der Waals surface area contributed by atoms with Crippen LogP contribution in [0.5, 0.6) is 0 Å². The van der Waals surface area contributed by atoms with Crippen molar-refractivity contribution in [1.82, 2.24) is 19.8 Å². The van der Waals surface area contributed by atoms with Crippen LogP contribution in [0.15, 0.2) is 29.6 Å². The number of carbonyl (C=O) groups excluding carboxylic acids is 1. The summed E-state index contributed by atoms with van der Waals surface area (Å²) in [6, 6.07) is 6.22. The van der Waals surface area contributed by atoms with E-state index in [9.17, 15) is 4.79 Å². The van der Waals surface area contributed by atoms with Crippen LogP contribution in [0, 0.1) is 0 Å². The molecule has 0 aliphatic carbocycles. The third-order valence-electron chi connectivity index (χ3n) is 5.76. The summed E-state index contributed by atoms with van der Waals surface area (Å²) in [5.74, 6) is 1.52. The molecule has 6 nitrogen and oxygen atoms in total. The van der Waals surface area contributed by atoms with Crippen LogP contribution in [-0.4, -0.2) is 64.2 Å². The molecule has 2 aromatic rings. The summed E-state index contributed by atoms with van der Waals surface area (Å²) in [4.78, 5) is 27.0. The van der Waals surface area contributed by atoms with E-state index >= 15 is 0 Å². The molecule has 2 aromatic heterocycles. The molecule has 30 heavy (non-hydrogen) atoms. The Labute approximate surface area is 187 Å². The minimum absolute atomic E-state index is 0.0145. The van der Waals surface area contributed by atoms with Crippen LogP contribution in [0.25, 0.3) is 0 Å². The molecule has 162 valence electrons. The fraction of sp³-hybridized carbons (Fsp3) is 0.591. The van der Waals surface area contributed by atoms with Gasteiger partial charge in [-0.3, -0.25) is 9.69 Å². The van der Waals surface area contributed by atoms with Gasteiger partial charge in [0, 0.05) is 55.0 Å². The number of piperidine rings is 1. The van der Waals surface area contributed by atoms with Gasteiger partial charge in [0.1, 0.15) is 0 Å². The molecule has 2 aliphatic heterocycles. The van der Waals surface area contributed by atoms with Crippen molar-refractivity contribution < 1.29 is 4.79 Å². The lowest BCUT2D eigenvalue weighted by Crippen LogP contribution is -2.34. The summed E-state index contributed by atoms with van der Waals surface area (Å²) in [6.45, 7) is 8.26. The summed E-state index contributed by atoms with van der Waals surface area (Å²) in [7, 11) is 0. The van der Waals surface area contributed by atoms with Crippen molar-refractivity contribution >= 4 is 34.0 Å². The van der Waals surface area contributed by atoms with E-state index in [0.717, 1.165) is 42.1 Å². The van der Waals surface area contributed by atoms with E-state index < -0.39 is 0 Å². The highest BCUT2D eigenvalue weighted by Gasteiger charge is 2.23. The number of hydrogen-bond acceptors (Lipinski definition) is 7. The second kappa shape index (κ2) is 10.7. The van der Waals surface area contributed by atoms with Gasteiger partial charge < -0.3 is 10.2 Å². The lowest BCUT2D eigenvalue weighted by molar-refractivity contribution is -0.114. The number of amides is 1. The van der Waals surface area contributed by atoms with Crippen LogP contribution in [0.1, 0.15) is 49.1 Å². The predicted octanol–water partition coefficient (Wildman–Crippen LogP) is 4.06. The third kappa shape index (κ3) is 6.26. The van der Waals surface area contributed by atoms with Crippen LogP contribution < -0.4 is 5.32 Å². The van der Waals surface area contributed by atoms with Gasteiger partial charge in [0.15, 0.2) is 5.16 Å². The van der Waals surface area contributed by atoms with Crippen molar-refractivity contribution in [1.29, 1.82) is 0 Å². The molecule has 0 saturated carbocycles. The Morgan fingerprint density at radius 1 is 1.20 bits per heavy atom. The van der Waals surface area contributed by atoms with E-state index in [1.807, 2.05) is 12.3 Å². The molecular formula is C22H31N5OS2. The number of hydrogen-bond donors (Lipinski definition) is 1. The zero-order valence-electron chi connectivity index (χ0n) is 17.7. The smallest absolute Gasteiger partial charge is 0.221 e. The molecule has 4 rings (SSSR count). The lowest BCUT2D eigenvalue weighted by atomic mass is 9.94. The van der Waals surface area contributed by atoms with Gasteiger partial charge >= 0.3 is 0 Å². The molecule has 8 heteroatoms. The second-order valence-corrected chi connectivity index (χ2v) is 10.4. The molecule has 2 aliphatic rings. The molecule has 0 bridgehead atoms. The molecule has 4 heterocycles. The van der Waals surface area contributed by atoms with Crippen molar-refractivity contribution in [3.8, 4) is 0 Å². The highest BCUT2D eigenvalue weighted by Crippen LogP contribution is 2.29. The molecule has 0 spiro atoms. The molecule has 1 unspecified atom stereocenters. The first-order chi connectivity index (χ1) is 14.7. The fourth-order valence-corrected chi connectivity index (χ4v) is 6.12. The van der Waals surface area contributed by atoms with Crippen molar-refractivity contribution in [2.24, 2.45) is 0 Å². The first-order valence-electron chi connectivity index (χ1n) is 10.9. The van der Waals surface area contributed by atoms with Gasteiger partial charge in [-0.2, -0.15) is 0 Å². The third-order valence-corrected chi connectivity index (χ3v) is 7.58. The predicted molar refractivity (Wildman–Crippen MR) is 124 cm³/mol. The van der Waals surface area contributed by atoms with E-state index in [0.29, 0.717) is 5.92 Å². The normalized spacial score (nSPS) is 20.5. The number of aromatic nitrogens is 2. The van der Waals surface area contributed by atoms with Crippen LogP contribution >= 0.6 is 23.1 Å². The molecule has 0 aromatic carbocycles. The number of carbonyl (C=O) groups is 1. The van der Waals surface area contributed by atoms with Crippen LogP contribution in [0.4, 0.5) is 5.00 Å². The highest BCUT2D eigenvalue weighted by atomic mass is 32.2. The molecule has 1 amide bonds. The maximum atomic E-state index is 11.2. The van der Waals surface area contributed by atoms with Crippen molar-refractivity contribution in [3.63, 3.8) is 0 Å². The molecule has 2 fully saturated rings. The first kappa shape index (κ1) is 21.7. The van der Waals surface area contributed by atoms with Gasteiger partial charge in [-0.05, 0) is 63.5 Å². The molecule has 1 atom stereocenters. The van der Waals surface area contributed by atoms with Gasteiger partial charge in [-0.1, -0.05) is 11.8 Å². The van der Waals surface area contributed by atoms with E-state index in [1.165, 1.54) is 49.3 Å². The number of thiophene rings is 1. The number of likely N-dealkylation sites (tertiary alicyclic amines) is 2. The SMILES string of the molecule is CC(=O)Nc1ccc(CN2CCCC(c3ccnc(SCCN4CCCC4)n3)C2)s1. The Bertz CT molecular complexity index is 836. The van der Waals surface area contributed by atoms with Crippen molar-refractivity contribution in [2.45, 2.75) is 50.2 Å². The Morgan fingerprint density at radius 2 is 2.03 bits per heavy atom. The number of nitrogens with one attached hydrogen (secondary N) is 1. The topological polar surface area (TPSA) is 61.4 Å². The summed E-state index contributed by atoms with van der Waals surface area (Å²) >= 11 is 3.45. The summed E-state index contributed by atoms with van der Waals surface area (Å²) in [6.07, 6.45) is 6.99. The minimum Gasteiger partial charge on any atom is -0.318 e. The molecule has 2 saturated heterocycles. The van der Waals surface area contributed by atoms with E-state index in [-0.39, 0.29) is 5.91 Å². The van der Waals surface area contributed by atoms with Crippen LogP contribution in [-0.2, 0) is 11.3 Å². The Hall–Kier alpha value is -1.48. The van der Waals surface area contributed by atoms with Crippen molar-refractivity contribution in [3.05, 3.63) is 35.0 Å². The average Bonchev–Trinajstić information content (AvgIpc) is 3.40. The van der Waals surface area contributed by atoms with Crippen LogP contribution in [0.2, 0.25) is 0 Å². The second-order valence-electron chi connectivity index (χ2n) is 8.18.